The van der Waals surface area contributed by atoms with Crippen LogP contribution < -0.4 is 15.4 Å². The maximum absolute atomic E-state index is 11.9. The summed E-state index contributed by atoms with van der Waals surface area (Å²) in [5, 5.41) is 6.85. The summed E-state index contributed by atoms with van der Waals surface area (Å²) in [6.07, 6.45) is 0.447. The van der Waals surface area contributed by atoms with Gasteiger partial charge in [0.15, 0.2) is 0 Å². The molecule has 0 saturated carbocycles. The summed E-state index contributed by atoms with van der Waals surface area (Å²) in [7, 11) is 4.05. The molecule has 0 radical (unpaired) electrons. The fraction of sp³-hybridized carbons (Fsp3) is 0.350. The minimum atomic E-state index is -0.00261. The van der Waals surface area contributed by atoms with Crippen LogP contribution in [0.5, 0.6) is 5.75 Å². The Bertz CT molecular complexity index is 672. The molecule has 26 heavy (non-hydrogen) atoms. The molecule has 0 aliphatic carbocycles. The number of ether oxygens (including phenoxy) is 1. The SMILES string of the molecule is CN(C)CCNCCC(=O)Nc1ccc(OCc2ccc(Cl)cc2)cc1. The van der Waals surface area contributed by atoms with E-state index in [0.717, 1.165) is 30.1 Å². The van der Waals surface area contributed by atoms with Crippen LogP contribution in [0.3, 0.4) is 0 Å². The monoisotopic (exact) mass is 375 g/mol. The maximum atomic E-state index is 11.9. The van der Waals surface area contributed by atoms with Gasteiger partial charge in [-0.1, -0.05) is 23.7 Å². The summed E-state index contributed by atoms with van der Waals surface area (Å²) in [6, 6.07) is 14.9. The lowest BCUT2D eigenvalue weighted by Gasteiger charge is -2.11. The van der Waals surface area contributed by atoms with Gasteiger partial charge in [0, 0.05) is 36.8 Å². The number of carbonyl (C=O) groups is 1. The Hall–Kier alpha value is -2.08. The fourth-order valence-electron chi connectivity index (χ4n) is 2.23. The molecule has 0 fully saturated rings. The minimum absolute atomic E-state index is 0.00261. The Morgan fingerprint density at radius 2 is 1.73 bits per heavy atom. The predicted octanol–water partition coefficient (Wildman–Crippen LogP) is 3.40. The molecule has 1 amide bonds. The standard InChI is InChI=1S/C20H26ClN3O2/c1-24(2)14-13-22-12-11-20(25)23-18-7-9-19(10-8-18)26-15-16-3-5-17(21)6-4-16/h3-10,22H,11-15H2,1-2H3,(H,23,25). The van der Waals surface area contributed by atoms with Gasteiger partial charge in [-0.3, -0.25) is 4.79 Å². The average Bonchev–Trinajstić information content (AvgIpc) is 2.62. The zero-order chi connectivity index (χ0) is 18.8. The van der Waals surface area contributed by atoms with Crippen molar-refractivity contribution in [2.75, 3.05) is 39.0 Å². The number of anilines is 1. The molecule has 0 bridgehead atoms. The Labute approximate surface area is 160 Å². The number of carbonyl (C=O) groups excluding carboxylic acids is 1. The number of hydrogen-bond acceptors (Lipinski definition) is 4. The third-order valence-corrected chi connectivity index (χ3v) is 3.97. The van der Waals surface area contributed by atoms with Gasteiger partial charge in [-0.15, -0.1) is 0 Å². The molecule has 0 aliphatic rings. The van der Waals surface area contributed by atoms with Crippen LogP contribution in [0, 0.1) is 0 Å². The molecule has 140 valence electrons. The Kier molecular flexibility index (Phi) is 8.41. The number of amides is 1. The minimum Gasteiger partial charge on any atom is -0.489 e. The van der Waals surface area contributed by atoms with Crippen LogP contribution in [0.15, 0.2) is 48.5 Å². The number of nitrogens with one attached hydrogen (secondary N) is 2. The van der Waals surface area contributed by atoms with Crippen molar-refractivity contribution in [3.63, 3.8) is 0 Å². The molecule has 6 heteroatoms. The molecule has 0 aromatic heterocycles. The van der Waals surface area contributed by atoms with Crippen LogP contribution >= 0.6 is 11.6 Å². The quantitative estimate of drug-likeness (QED) is 0.625. The Morgan fingerprint density at radius 1 is 1.04 bits per heavy atom. The molecule has 0 saturated heterocycles. The van der Waals surface area contributed by atoms with Crippen molar-refractivity contribution in [2.24, 2.45) is 0 Å². The lowest BCUT2D eigenvalue weighted by Crippen LogP contribution is -2.29. The third-order valence-electron chi connectivity index (χ3n) is 3.72. The van der Waals surface area contributed by atoms with Crippen LogP contribution in [0.2, 0.25) is 5.02 Å². The van der Waals surface area contributed by atoms with E-state index in [1.165, 1.54) is 0 Å². The van der Waals surface area contributed by atoms with E-state index in [4.69, 9.17) is 16.3 Å². The maximum Gasteiger partial charge on any atom is 0.225 e. The Balaban J connectivity index is 1.69. The molecule has 0 spiro atoms. The average molecular weight is 376 g/mol. The largest absolute Gasteiger partial charge is 0.489 e. The Morgan fingerprint density at radius 3 is 2.38 bits per heavy atom. The molecule has 5 nitrogen and oxygen atoms in total. The molecule has 0 heterocycles. The predicted molar refractivity (Wildman–Crippen MR) is 107 cm³/mol. The first kappa shape index (κ1) is 20.2. The van der Waals surface area contributed by atoms with Crippen molar-refractivity contribution in [3.05, 3.63) is 59.1 Å². The van der Waals surface area contributed by atoms with E-state index in [1.807, 2.05) is 62.6 Å². The second kappa shape index (κ2) is 10.8. The first-order chi connectivity index (χ1) is 12.5. The number of hydrogen-bond donors (Lipinski definition) is 2. The summed E-state index contributed by atoms with van der Waals surface area (Å²) in [5.74, 6) is 0.750. The van der Waals surface area contributed by atoms with Gasteiger partial charge in [0.1, 0.15) is 12.4 Å². The number of nitrogens with zero attached hydrogens (tertiary/aromatic N) is 1. The van der Waals surface area contributed by atoms with Crippen molar-refractivity contribution >= 4 is 23.2 Å². The molecule has 2 N–H and O–H groups in total. The van der Waals surface area contributed by atoms with E-state index < -0.39 is 0 Å². The number of likely N-dealkylation sites (N-methyl/N-ethyl adjacent to an activating group) is 1. The van der Waals surface area contributed by atoms with Crippen molar-refractivity contribution < 1.29 is 9.53 Å². The van der Waals surface area contributed by atoms with Gasteiger partial charge in [0.2, 0.25) is 5.91 Å². The zero-order valence-electron chi connectivity index (χ0n) is 15.3. The second-order valence-electron chi connectivity index (χ2n) is 6.29. The molecule has 2 aromatic rings. The van der Waals surface area contributed by atoms with Gasteiger partial charge in [0.25, 0.3) is 0 Å². The summed E-state index contributed by atoms with van der Waals surface area (Å²) < 4.78 is 5.73. The van der Waals surface area contributed by atoms with E-state index >= 15 is 0 Å². The van der Waals surface area contributed by atoms with Crippen molar-refractivity contribution in [3.8, 4) is 5.75 Å². The molecular weight excluding hydrogens is 350 g/mol. The topological polar surface area (TPSA) is 53.6 Å². The highest BCUT2D eigenvalue weighted by molar-refractivity contribution is 6.30. The van der Waals surface area contributed by atoms with E-state index in [9.17, 15) is 4.79 Å². The van der Waals surface area contributed by atoms with Crippen LogP contribution in [0.25, 0.3) is 0 Å². The van der Waals surface area contributed by atoms with Gasteiger partial charge in [-0.05, 0) is 56.1 Å². The number of rotatable bonds is 10. The summed E-state index contributed by atoms with van der Waals surface area (Å²) in [5.41, 5.74) is 1.82. The third kappa shape index (κ3) is 7.87. The lowest BCUT2D eigenvalue weighted by molar-refractivity contribution is -0.116. The normalized spacial score (nSPS) is 10.8. The zero-order valence-corrected chi connectivity index (χ0v) is 16.1. The molecule has 2 rings (SSSR count). The van der Waals surface area contributed by atoms with Crippen molar-refractivity contribution in [2.45, 2.75) is 13.0 Å². The van der Waals surface area contributed by atoms with Crippen LogP contribution in [0.4, 0.5) is 5.69 Å². The van der Waals surface area contributed by atoms with E-state index in [1.54, 1.807) is 0 Å². The second-order valence-corrected chi connectivity index (χ2v) is 6.73. The van der Waals surface area contributed by atoms with Gasteiger partial charge >= 0.3 is 0 Å². The van der Waals surface area contributed by atoms with Gasteiger partial charge in [-0.2, -0.15) is 0 Å². The van der Waals surface area contributed by atoms with E-state index in [0.29, 0.717) is 24.6 Å². The first-order valence-electron chi connectivity index (χ1n) is 8.65. The van der Waals surface area contributed by atoms with Gasteiger partial charge < -0.3 is 20.3 Å². The van der Waals surface area contributed by atoms with Crippen molar-refractivity contribution in [1.82, 2.24) is 10.2 Å². The van der Waals surface area contributed by atoms with Crippen LogP contribution in [0.1, 0.15) is 12.0 Å². The van der Waals surface area contributed by atoms with E-state index in [-0.39, 0.29) is 5.91 Å². The molecular formula is C20H26ClN3O2. The summed E-state index contributed by atoms with van der Waals surface area (Å²) in [4.78, 5) is 14.0. The van der Waals surface area contributed by atoms with Crippen molar-refractivity contribution in [1.29, 1.82) is 0 Å². The molecule has 2 aromatic carbocycles. The first-order valence-corrected chi connectivity index (χ1v) is 9.03. The molecule has 0 unspecified atom stereocenters. The van der Waals surface area contributed by atoms with E-state index in [2.05, 4.69) is 15.5 Å². The highest BCUT2D eigenvalue weighted by Gasteiger charge is 2.03. The van der Waals surface area contributed by atoms with Gasteiger partial charge in [0.05, 0.1) is 0 Å². The number of halogens is 1. The highest BCUT2D eigenvalue weighted by Crippen LogP contribution is 2.18. The van der Waals surface area contributed by atoms with Crippen LogP contribution in [-0.2, 0) is 11.4 Å². The fourth-order valence-corrected chi connectivity index (χ4v) is 2.36. The smallest absolute Gasteiger partial charge is 0.225 e. The van der Waals surface area contributed by atoms with Gasteiger partial charge in [-0.25, -0.2) is 0 Å². The van der Waals surface area contributed by atoms with Crippen LogP contribution in [-0.4, -0.2) is 44.5 Å². The summed E-state index contributed by atoms with van der Waals surface area (Å²) in [6.45, 7) is 2.97. The summed E-state index contributed by atoms with van der Waals surface area (Å²) >= 11 is 5.87. The lowest BCUT2D eigenvalue weighted by atomic mass is 10.2. The number of benzene rings is 2. The molecule has 0 aliphatic heterocycles. The highest BCUT2D eigenvalue weighted by atomic mass is 35.5. The molecule has 0 atom stereocenters.